The van der Waals surface area contributed by atoms with Crippen LogP contribution in [0.4, 0.5) is 5.69 Å². The fourth-order valence-corrected chi connectivity index (χ4v) is 4.17. The number of methoxy groups -OCH3 is 1. The Morgan fingerprint density at radius 2 is 1.79 bits per heavy atom. The lowest BCUT2D eigenvalue weighted by molar-refractivity contribution is -0.173. The first kappa shape index (κ1) is 21.8. The van der Waals surface area contributed by atoms with E-state index < -0.39 is 5.97 Å². The van der Waals surface area contributed by atoms with Crippen LogP contribution in [-0.2, 0) is 4.74 Å². The number of carbonyl (C=O) groups excluding carboxylic acids is 1. The second kappa shape index (κ2) is 8.49. The topological polar surface area (TPSA) is 91.0 Å². The number of benzene rings is 3. The molecule has 8 heteroatoms. The zero-order valence-electron chi connectivity index (χ0n) is 15.1. The van der Waals surface area contributed by atoms with Gasteiger partial charge in [0.25, 0.3) is 0 Å². The Bertz CT molecular complexity index is 1290. The number of hydrogen-bond donors (Lipinski definition) is 2. The van der Waals surface area contributed by atoms with Crippen molar-refractivity contribution in [3.63, 3.8) is 0 Å². The molecule has 2 aromatic rings. The summed E-state index contributed by atoms with van der Waals surface area (Å²) in [5, 5.41) is 7.60. The molecule has 4 rings (SSSR count). The molecule has 1 heterocycles. The molecule has 0 radical (unpaired) electrons. The fraction of sp³-hybridized carbons (Fsp3) is 0.0476. The molecular weight excluding hydrogens is 618 g/mol. The number of fused-ring (bicyclic) bond motifs is 2. The van der Waals surface area contributed by atoms with Gasteiger partial charge in [0.05, 0.1) is 22.3 Å². The van der Waals surface area contributed by atoms with E-state index in [1.54, 1.807) is 18.2 Å². The molecule has 2 aromatic carbocycles. The first-order chi connectivity index (χ1) is 13.4. The lowest BCUT2D eigenvalue weighted by Crippen LogP contribution is -3.00. The first-order valence-electron chi connectivity index (χ1n) is 8.32. The van der Waals surface area contributed by atoms with Crippen LogP contribution >= 0.6 is 45.2 Å². The molecule has 4 N–H and O–H groups in total. The number of hydrogen-bond acceptors (Lipinski definition) is 4. The van der Waals surface area contributed by atoms with Crippen molar-refractivity contribution in [1.29, 1.82) is 0 Å². The predicted molar refractivity (Wildman–Crippen MR) is 125 cm³/mol. The minimum absolute atomic E-state index is 0. The van der Waals surface area contributed by atoms with Crippen LogP contribution in [0.3, 0.4) is 0 Å². The quantitative estimate of drug-likeness (QED) is 0.145. The van der Waals surface area contributed by atoms with E-state index in [-0.39, 0.29) is 12.4 Å². The molecule has 148 valence electrons. The number of halogens is 3. The van der Waals surface area contributed by atoms with Gasteiger partial charge in [0.15, 0.2) is 0 Å². The standard InChI is InChI=1S/C21H14I2N2O3.ClH/c1-27-21(26)11-5-3-2-4-10(11)20-12-6-14(22)16(24)8-18(12)28-19-9-17(25)15(23)7-13(19)20;/h2-9,24H,25H2,1H3;1H. The minimum atomic E-state index is -0.395. The molecule has 29 heavy (non-hydrogen) atoms. The van der Waals surface area contributed by atoms with Gasteiger partial charge < -0.3 is 27.3 Å². The summed E-state index contributed by atoms with van der Waals surface area (Å²) in [5.74, 6) is 0.230. The summed E-state index contributed by atoms with van der Waals surface area (Å²) in [7, 11) is 1.38. The maximum atomic E-state index is 12.4. The van der Waals surface area contributed by atoms with Crippen molar-refractivity contribution in [1.82, 2.24) is 0 Å². The van der Waals surface area contributed by atoms with Crippen LogP contribution in [0, 0.1) is 7.14 Å². The van der Waals surface area contributed by atoms with E-state index in [0.717, 1.165) is 29.2 Å². The Kier molecular flexibility index (Phi) is 6.39. The van der Waals surface area contributed by atoms with Crippen molar-refractivity contribution < 1.29 is 31.8 Å². The van der Waals surface area contributed by atoms with E-state index in [2.05, 4.69) is 45.2 Å². The Morgan fingerprint density at radius 1 is 1.07 bits per heavy atom. The normalized spacial score (nSPS) is 10.7. The van der Waals surface area contributed by atoms with Gasteiger partial charge >= 0.3 is 5.97 Å². The highest BCUT2D eigenvalue weighted by Gasteiger charge is 2.23. The molecular formula is C21H15ClI2N2O3. The summed E-state index contributed by atoms with van der Waals surface area (Å²) >= 11 is 4.39. The van der Waals surface area contributed by atoms with Gasteiger partial charge in [0.1, 0.15) is 11.3 Å². The van der Waals surface area contributed by atoms with Crippen molar-refractivity contribution in [2.24, 2.45) is 0 Å². The Balaban J connectivity index is 0.00000240. The van der Waals surface area contributed by atoms with Gasteiger partial charge in [0.2, 0.25) is 5.36 Å². The van der Waals surface area contributed by atoms with Gasteiger partial charge in [0, 0.05) is 31.8 Å². The first-order valence-corrected chi connectivity index (χ1v) is 10.5. The van der Waals surface area contributed by atoms with Crippen molar-refractivity contribution in [2.45, 2.75) is 0 Å². The van der Waals surface area contributed by atoms with Crippen molar-refractivity contribution >= 4 is 67.8 Å². The lowest BCUT2D eigenvalue weighted by Gasteiger charge is -2.18. The van der Waals surface area contributed by atoms with Crippen molar-refractivity contribution in [3.05, 3.63) is 66.6 Å². The van der Waals surface area contributed by atoms with Crippen LogP contribution in [0.15, 0.2) is 52.9 Å². The van der Waals surface area contributed by atoms with Crippen molar-refractivity contribution in [3.8, 4) is 22.5 Å². The molecule has 5 nitrogen and oxygen atoms in total. The number of anilines is 1. The monoisotopic (exact) mass is 632 g/mol. The molecule has 0 atom stereocenters. The zero-order valence-corrected chi connectivity index (χ0v) is 20.2. The number of esters is 1. The molecule has 2 aliphatic rings. The summed E-state index contributed by atoms with van der Waals surface area (Å²) in [6, 6.07) is 14.9. The summed E-state index contributed by atoms with van der Waals surface area (Å²) in [5.41, 5.74) is 10.4. The van der Waals surface area contributed by atoms with Crippen LogP contribution in [-0.4, -0.2) is 13.1 Å². The van der Waals surface area contributed by atoms with Crippen LogP contribution in [0.1, 0.15) is 10.4 Å². The van der Waals surface area contributed by atoms with Crippen molar-refractivity contribution in [2.75, 3.05) is 12.8 Å². The molecule has 0 spiro atoms. The van der Waals surface area contributed by atoms with Gasteiger partial charge in [-0.3, -0.25) is 5.41 Å². The average Bonchev–Trinajstić information content (AvgIpc) is 2.68. The second-order valence-electron chi connectivity index (χ2n) is 6.25. The maximum Gasteiger partial charge on any atom is 0.338 e. The Hall–Kier alpha value is -1.85. The van der Waals surface area contributed by atoms with Gasteiger partial charge in [-0.1, -0.05) is 18.2 Å². The highest BCUT2D eigenvalue weighted by atomic mass is 127. The van der Waals surface area contributed by atoms with Gasteiger partial charge in [-0.15, -0.1) is 0 Å². The van der Waals surface area contributed by atoms with E-state index in [1.165, 1.54) is 7.11 Å². The molecule has 0 aromatic heterocycles. The zero-order chi connectivity index (χ0) is 20.0. The third-order valence-corrected chi connectivity index (χ3v) is 6.43. The highest BCUT2D eigenvalue weighted by molar-refractivity contribution is 14.1. The summed E-state index contributed by atoms with van der Waals surface area (Å²) < 4.78 is 12.9. The summed E-state index contributed by atoms with van der Waals surface area (Å²) in [6.45, 7) is 0. The number of nitrogens with two attached hydrogens (primary N) is 2. The molecule has 0 saturated heterocycles. The van der Waals surface area contributed by atoms with E-state index in [1.807, 2.05) is 30.3 Å². The Morgan fingerprint density at radius 3 is 2.52 bits per heavy atom. The molecule has 0 amide bonds. The lowest BCUT2D eigenvalue weighted by atomic mass is 9.90. The molecule has 0 saturated carbocycles. The van der Waals surface area contributed by atoms with Crippen LogP contribution < -0.4 is 28.9 Å². The predicted octanol–water partition coefficient (Wildman–Crippen LogP) is 0.446. The van der Waals surface area contributed by atoms with Gasteiger partial charge in [-0.05, 0) is 68.9 Å². The molecule has 0 fully saturated rings. The largest absolute Gasteiger partial charge is 1.00 e. The number of nitrogen functional groups attached to an aromatic ring is 1. The minimum Gasteiger partial charge on any atom is -1.00 e. The number of carbonyl (C=O) groups is 1. The third kappa shape index (κ3) is 3.82. The van der Waals surface area contributed by atoms with Gasteiger partial charge in [-0.2, -0.15) is 0 Å². The molecule has 1 aliphatic carbocycles. The number of rotatable bonds is 2. The SMILES string of the molecule is COC(=O)c1ccccc1-c1c2cc(I)c(=[NH2+])cc-2oc2cc(N)c(I)cc12.[Cl-]. The third-order valence-electron chi connectivity index (χ3n) is 4.56. The maximum absolute atomic E-state index is 12.4. The van der Waals surface area contributed by atoms with Crippen LogP contribution in [0.25, 0.3) is 33.4 Å². The van der Waals surface area contributed by atoms with Crippen LogP contribution in [0.2, 0.25) is 0 Å². The van der Waals surface area contributed by atoms with E-state index in [9.17, 15) is 4.79 Å². The average molecular weight is 633 g/mol. The highest BCUT2D eigenvalue weighted by Crippen LogP contribution is 2.42. The van der Waals surface area contributed by atoms with E-state index in [4.69, 9.17) is 20.3 Å². The Labute approximate surface area is 200 Å². The van der Waals surface area contributed by atoms with Crippen LogP contribution in [0.5, 0.6) is 0 Å². The molecule has 1 aliphatic heterocycles. The second-order valence-corrected chi connectivity index (χ2v) is 8.58. The molecule has 0 unspecified atom stereocenters. The smallest absolute Gasteiger partial charge is 0.338 e. The summed E-state index contributed by atoms with van der Waals surface area (Å²) in [6.07, 6.45) is 0. The van der Waals surface area contributed by atoms with Gasteiger partial charge in [-0.25, -0.2) is 4.79 Å². The fourth-order valence-electron chi connectivity index (χ4n) is 3.24. The number of ether oxygens (including phenoxy) is 1. The van der Waals surface area contributed by atoms with E-state index >= 15 is 0 Å². The molecule has 0 bridgehead atoms. The van der Waals surface area contributed by atoms with E-state index in [0.29, 0.717) is 28.0 Å². The summed E-state index contributed by atoms with van der Waals surface area (Å²) in [4.78, 5) is 12.4.